The van der Waals surface area contributed by atoms with E-state index < -0.39 is 11.5 Å². The lowest BCUT2D eigenvalue weighted by atomic mass is 10.1. The number of amides is 1. The summed E-state index contributed by atoms with van der Waals surface area (Å²) in [6.45, 7) is 2.50. The third kappa shape index (κ3) is 5.61. The van der Waals surface area contributed by atoms with E-state index in [1.165, 1.54) is 6.20 Å². The molecule has 1 heterocycles. The Morgan fingerprint density at radius 1 is 1.03 bits per heavy atom. The molecule has 31 heavy (non-hydrogen) atoms. The first-order valence-corrected chi connectivity index (χ1v) is 9.51. The van der Waals surface area contributed by atoms with E-state index in [0.717, 1.165) is 5.56 Å². The maximum absolute atomic E-state index is 12.4. The summed E-state index contributed by atoms with van der Waals surface area (Å²) in [5.74, 6) is 1.29. The molecule has 3 rings (SSSR count). The van der Waals surface area contributed by atoms with Crippen molar-refractivity contribution in [2.75, 3.05) is 20.8 Å². The molecule has 2 aromatic carbocycles. The summed E-state index contributed by atoms with van der Waals surface area (Å²) in [6.07, 6.45) is 1.23. The predicted molar refractivity (Wildman–Crippen MR) is 113 cm³/mol. The van der Waals surface area contributed by atoms with Gasteiger partial charge in [0.15, 0.2) is 0 Å². The van der Waals surface area contributed by atoms with E-state index in [1.54, 1.807) is 56.7 Å². The molecule has 0 spiro atoms. The van der Waals surface area contributed by atoms with Gasteiger partial charge in [-0.3, -0.25) is 14.4 Å². The molecule has 0 unspecified atom stereocenters. The molecular formula is C22H23N3O6. The van der Waals surface area contributed by atoms with Crippen LogP contribution >= 0.6 is 0 Å². The fourth-order valence-electron chi connectivity index (χ4n) is 2.78. The minimum Gasteiger partial charge on any atom is -0.497 e. The minimum absolute atomic E-state index is 0.00621. The number of ether oxygens (including phenoxy) is 3. The number of aromatic amines is 1. The maximum Gasteiger partial charge on any atom is 0.294 e. The van der Waals surface area contributed by atoms with Gasteiger partial charge in [0.1, 0.15) is 35.2 Å². The Kier molecular flexibility index (Phi) is 7.23. The zero-order valence-electron chi connectivity index (χ0n) is 17.4. The van der Waals surface area contributed by atoms with Crippen molar-refractivity contribution in [2.24, 2.45) is 0 Å². The van der Waals surface area contributed by atoms with Gasteiger partial charge in [0.25, 0.3) is 11.5 Å². The summed E-state index contributed by atoms with van der Waals surface area (Å²) in [5, 5.41) is 0. The molecule has 0 bridgehead atoms. The largest absolute Gasteiger partial charge is 0.497 e. The first-order chi connectivity index (χ1) is 15.0. The first kappa shape index (κ1) is 21.8. The molecule has 0 aliphatic rings. The number of H-pyrrole nitrogens is 1. The van der Waals surface area contributed by atoms with Crippen LogP contribution in [0.2, 0.25) is 0 Å². The molecule has 0 radical (unpaired) electrons. The third-order valence-electron chi connectivity index (χ3n) is 4.27. The highest BCUT2D eigenvalue weighted by Crippen LogP contribution is 2.23. The molecule has 0 saturated carbocycles. The Balaban J connectivity index is 1.68. The van der Waals surface area contributed by atoms with Crippen LogP contribution in [0, 0.1) is 0 Å². The Labute approximate surface area is 178 Å². The van der Waals surface area contributed by atoms with Crippen LogP contribution in [0.25, 0.3) is 11.3 Å². The normalized spacial score (nSPS) is 10.4. The fourth-order valence-corrected chi connectivity index (χ4v) is 2.78. The number of nitrogens with one attached hydrogen (secondary N) is 2. The van der Waals surface area contributed by atoms with Crippen LogP contribution in [0.3, 0.4) is 0 Å². The van der Waals surface area contributed by atoms with Gasteiger partial charge in [-0.2, -0.15) is 0 Å². The van der Waals surface area contributed by atoms with Crippen molar-refractivity contribution in [1.29, 1.82) is 0 Å². The number of nitrogens with zero attached hydrogens (tertiary/aromatic N) is 1. The van der Waals surface area contributed by atoms with Crippen molar-refractivity contribution in [2.45, 2.75) is 13.5 Å². The monoisotopic (exact) mass is 425 g/mol. The topological polar surface area (TPSA) is 112 Å². The quantitative estimate of drug-likeness (QED) is 0.507. The van der Waals surface area contributed by atoms with Crippen molar-refractivity contribution in [3.8, 4) is 28.5 Å². The number of hydrogen-bond donors (Lipinski definition) is 2. The van der Waals surface area contributed by atoms with Crippen LogP contribution in [0.4, 0.5) is 0 Å². The lowest BCUT2D eigenvalue weighted by molar-refractivity contribution is 0.0228. The molecule has 0 aliphatic heterocycles. The van der Waals surface area contributed by atoms with E-state index in [-0.39, 0.29) is 18.0 Å². The number of carbonyl (C=O) groups excluding carboxylic acids is 1. The Bertz CT molecular complexity index is 1070. The first-order valence-electron chi connectivity index (χ1n) is 9.51. The predicted octanol–water partition coefficient (Wildman–Crippen LogP) is 2.71. The van der Waals surface area contributed by atoms with Crippen molar-refractivity contribution in [3.05, 3.63) is 70.3 Å². The summed E-state index contributed by atoms with van der Waals surface area (Å²) in [4.78, 5) is 36.6. The van der Waals surface area contributed by atoms with Crippen molar-refractivity contribution >= 4 is 5.91 Å². The van der Waals surface area contributed by atoms with Gasteiger partial charge in [-0.05, 0) is 48.9 Å². The molecule has 0 saturated heterocycles. The molecule has 0 atom stereocenters. The maximum atomic E-state index is 12.4. The Morgan fingerprint density at radius 3 is 2.32 bits per heavy atom. The molecule has 1 aromatic heterocycles. The summed E-state index contributed by atoms with van der Waals surface area (Å²) in [5.41, 5.74) is 3.33. The van der Waals surface area contributed by atoms with Gasteiger partial charge in [0.05, 0.1) is 20.8 Å². The number of aromatic nitrogens is 2. The Hall–Kier alpha value is -3.85. The number of methoxy groups -OCH3 is 2. The summed E-state index contributed by atoms with van der Waals surface area (Å²) < 4.78 is 15.8. The average Bonchev–Trinajstić information content (AvgIpc) is 2.80. The molecule has 0 aliphatic carbocycles. The molecule has 0 fully saturated rings. The van der Waals surface area contributed by atoms with Crippen LogP contribution in [-0.2, 0) is 11.4 Å². The van der Waals surface area contributed by atoms with E-state index >= 15 is 0 Å². The highest BCUT2D eigenvalue weighted by Gasteiger charge is 2.13. The highest BCUT2D eigenvalue weighted by atomic mass is 16.6. The number of benzene rings is 2. The van der Waals surface area contributed by atoms with Crippen molar-refractivity contribution < 1.29 is 23.8 Å². The fraction of sp³-hybridized carbons (Fsp3) is 0.227. The minimum atomic E-state index is -0.599. The van der Waals surface area contributed by atoms with E-state index in [0.29, 0.717) is 29.4 Å². The van der Waals surface area contributed by atoms with Gasteiger partial charge in [0, 0.05) is 17.8 Å². The number of hydrogen-bond acceptors (Lipinski definition) is 7. The van der Waals surface area contributed by atoms with Crippen LogP contribution < -0.4 is 25.2 Å². The van der Waals surface area contributed by atoms with E-state index in [4.69, 9.17) is 19.0 Å². The SMILES string of the molecule is CCOc1ccc(-c2nc(C(=O)NOCc3cc(OC)cc(OC)c3)c[nH]c2=O)cc1. The van der Waals surface area contributed by atoms with E-state index in [1.807, 2.05) is 6.92 Å². The molecule has 1 amide bonds. The van der Waals surface area contributed by atoms with Gasteiger partial charge in [-0.15, -0.1) is 0 Å². The summed E-state index contributed by atoms with van der Waals surface area (Å²) in [7, 11) is 3.09. The summed E-state index contributed by atoms with van der Waals surface area (Å²) >= 11 is 0. The van der Waals surface area contributed by atoms with Crippen LogP contribution in [0.15, 0.2) is 53.5 Å². The third-order valence-corrected chi connectivity index (χ3v) is 4.27. The van der Waals surface area contributed by atoms with E-state index in [9.17, 15) is 9.59 Å². The standard InChI is InChI=1S/C22H23N3O6/c1-4-30-16-7-5-15(6-8-16)20-22(27)23-12-19(24-20)21(26)25-31-13-14-9-17(28-2)11-18(10-14)29-3/h5-12H,4,13H2,1-3H3,(H,23,27)(H,25,26). The smallest absolute Gasteiger partial charge is 0.294 e. The van der Waals surface area contributed by atoms with Gasteiger partial charge < -0.3 is 19.2 Å². The van der Waals surface area contributed by atoms with Crippen LogP contribution in [0.1, 0.15) is 23.0 Å². The molecule has 162 valence electrons. The van der Waals surface area contributed by atoms with Gasteiger partial charge in [-0.25, -0.2) is 10.5 Å². The molecular weight excluding hydrogens is 402 g/mol. The average molecular weight is 425 g/mol. The second-order valence-electron chi connectivity index (χ2n) is 6.36. The number of rotatable bonds is 9. The highest BCUT2D eigenvalue weighted by molar-refractivity contribution is 5.91. The van der Waals surface area contributed by atoms with E-state index in [2.05, 4.69) is 15.4 Å². The molecule has 9 heteroatoms. The molecule has 9 nitrogen and oxygen atoms in total. The van der Waals surface area contributed by atoms with Gasteiger partial charge in [0.2, 0.25) is 0 Å². The second-order valence-corrected chi connectivity index (χ2v) is 6.36. The second kappa shape index (κ2) is 10.3. The number of carbonyl (C=O) groups is 1. The zero-order chi connectivity index (χ0) is 22.2. The van der Waals surface area contributed by atoms with Crippen LogP contribution in [0.5, 0.6) is 17.2 Å². The lowest BCUT2D eigenvalue weighted by Crippen LogP contribution is -2.26. The molecule has 3 aromatic rings. The number of hydroxylamine groups is 1. The zero-order valence-corrected chi connectivity index (χ0v) is 17.4. The lowest BCUT2D eigenvalue weighted by Gasteiger charge is -2.10. The molecule has 2 N–H and O–H groups in total. The Morgan fingerprint density at radius 2 is 1.71 bits per heavy atom. The van der Waals surface area contributed by atoms with Gasteiger partial charge in [-0.1, -0.05) is 0 Å². The van der Waals surface area contributed by atoms with Crippen molar-refractivity contribution in [1.82, 2.24) is 15.4 Å². The summed E-state index contributed by atoms with van der Waals surface area (Å²) in [6, 6.07) is 12.1. The van der Waals surface area contributed by atoms with Crippen molar-refractivity contribution in [3.63, 3.8) is 0 Å². The van der Waals surface area contributed by atoms with Gasteiger partial charge >= 0.3 is 0 Å². The van der Waals surface area contributed by atoms with Crippen LogP contribution in [-0.4, -0.2) is 36.7 Å².